The van der Waals surface area contributed by atoms with Gasteiger partial charge in [-0.1, -0.05) is 6.42 Å². The van der Waals surface area contributed by atoms with E-state index in [0.717, 1.165) is 23.6 Å². The minimum atomic E-state index is -3.55. The Labute approximate surface area is 103 Å². The first-order valence-electron chi connectivity index (χ1n) is 6.02. The van der Waals surface area contributed by atoms with E-state index in [1.807, 2.05) is 6.92 Å². The van der Waals surface area contributed by atoms with Crippen LogP contribution in [0.15, 0.2) is 0 Å². The fourth-order valence-electron chi connectivity index (χ4n) is 2.13. The predicted octanol–water partition coefficient (Wildman–Crippen LogP) is -0.608. The summed E-state index contributed by atoms with van der Waals surface area (Å²) in [7, 11) is -3.55. The number of aliphatic hydroxyl groups is 2. The summed E-state index contributed by atoms with van der Waals surface area (Å²) in [5, 5.41) is 17.8. The standard InChI is InChI=1S/C10H22N2O4S/c1-10-4-2-3-5-12(10)17(15,16)11(6-8-13)7-9-14/h10,13-14H,2-9H2,1H3. The zero-order valence-electron chi connectivity index (χ0n) is 10.2. The van der Waals surface area contributed by atoms with Crippen LogP contribution in [0.3, 0.4) is 0 Å². The molecule has 0 bridgehead atoms. The second kappa shape index (κ2) is 6.65. The third-order valence-electron chi connectivity index (χ3n) is 3.06. The van der Waals surface area contributed by atoms with Crippen molar-refractivity contribution in [1.29, 1.82) is 0 Å². The monoisotopic (exact) mass is 266 g/mol. The molecule has 7 heteroatoms. The minimum absolute atomic E-state index is 0.00589. The van der Waals surface area contributed by atoms with Gasteiger partial charge >= 0.3 is 0 Å². The Hall–Kier alpha value is -0.210. The smallest absolute Gasteiger partial charge is 0.282 e. The molecule has 0 aromatic carbocycles. The van der Waals surface area contributed by atoms with Crippen LogP contribution in [-0.2, 0) is 10.2 Å². The summed E-state index contributed by atoms with van der Waals surface area (Å²) in [6.45, 7) is 2.02. The van der Waals surface area contributed by atoms with E-state index in [4.69, 9.17) is 10.2 Å². The third kappa shape index (κ3) is 3.62. The van der Waals surface area contributed by atoms with E-state index in [1.54, 1.807) is 0 Å². The van der Waals surface area contributed by atoms with Crippen LogP contribution < -0.4 is 0 Å². The molecule has 0 spiro atoms. The van der Waals surface area contributed by atoms with Crippen LogP contribution >= 0.6 is 0 Å². The first-order valence-corrected chi connectivity index (χ1v) is 7.42. The van der Waals surface area contributed by atoms with Crippen molar-refractivity contribution >= 4 is 10.2 Å². The third-order valence-corrected chi connectivity index (χ3v) is 5.22. The molecule has 1 atom stereocenters. The molecule has 1 aliphatic heterocycles. The molecule has 102 valence electrons. The Kier molecular flexibility index (Phi) is 5.81. The Balaban J connectivity index is 2.81. The number of hydrogen-bond acceptors (Lipinski definition) is 4. The minimum Gasteiger partial charge on any atom is -0.395 e. The number of hydrogen-bond donors (Lipinski definition) is 2. The van der Waals surface area contributed by atoms with Crippen molar-refractivity contribution < 1.29 is 18.6 Å². The van der Waals surface area contributed by atoms with Crippen molar-refractivity contribution in [2.24, 2.45) is 0 Å². The highest BCUT2D eigenvalue weighted by atomic mass is 32.2. The first kappa shape index (κ1) is 14.8. The van der Waals surface area contributed by atoms with Gasteiger partial charge in [0.2, 0.25) is 0 Å². The van der Waals surface area contributed by atoms with E-state index in [9.17, 15) is 8.42 Å². The van der Waals surface area contributed by atoms with Gasteiger partial charge in [0.1, 0.15) is 0 Å². The molecule has 0 aliphatic carbocycles. The van der Waals surface area contributed by atoms with E-state index < -0.39 is 10.2 Å². The molecule has 1 rings (SSSR count). The van der Waals surface area contributed by atoms with E-state index in [-0.39, 0.29) is 32.3 Å². The maximum absolute atomic E-state index is 12.3. The molecule has 1 heterocycles. The number of aliphatic hydroxyl groups excluding tert-OH is 2. The molecule has 0 aromatic heterocycles. The van der Waals surface area contributed by atoms with Gasteiger partial charge in [0.05, 0.1) is 13.2 Å². The van der Waals surface area contributed by atoms with Crippen molar-refractivity contribution in [3.63, 3.8) is 0 Å². The average Bonchev–Trinajstić information content (AvgIpc) is 2.29. The lowest BCUT2D eigenvalue weighted by atomic mass is 10.1. The van der Waals surface area contributed by atoms with Gasteiger partial charge in [0.15, 0.2) is 0 Å². The van der Waals surface area contributed by atoms with Crippen molar-refractivity contribution in [3.05, 3.63) is 0 Å². The molecule has 2 N–H and O–H groups in total. The molecule has 1 aliphatic rings. The van der Waals surface area contributed by atoms with E-state index in [1.165, 1.54) is 4.31 Å². The summed E-state index contributed by atoms with van der Waals surface area (Å²) in [5.74, 6) is 0. The van der Waals surface area contributed by atoms with E-state index in [2.05, 4.69) is 0 Å². The Morgan fingerprint density at radius 3 is 2.29 bits per heavy atom. The largest absolute Gasteiger partial charge is 0.395 e. The second-order valence-corrected chi connectivity index (χ2v) is 6.19. The highest BCUT2D eigenvalue weighted by Crippen LogP contribution is 2.21. The maximum Gasteiger partial charge on any atom is 0.282 e. The lowest BCUT2D eigenvalue weighted by molar-refractivity contribution is 0.195. The van der Waals surface area contributed by atoms with E-state index in [0.29, 0.717) is 6.54 Å². The Bertz CT molecular complexity index is 314. The number of piperidine rings is 1. The van der Waals surface area contributed by atoms with Crippen molar-refractivity contribution in [2.75, 3.05) is 32.8 Å². The molecule has 0 amide bonds. The van der Waals surface area contributed by atoms with Crippen LogP contribution in [0.25, 0.3) is 0 Å². The zero-order chi connectivity index (χ0) is 12.9. The van der Waals surface area contributed by atoms with E-state index >= 15 is 0 Å². The molecular weight excluding hydrogens is 244 g/mol. The van der Waals surface area contributed by atoms with Gasteiger partial charge in [-0.3, -0.25) is 0 Å². The number of rotatable bonds is 6. The van der Waals surface area contributed by atoms with Gasteiger partial charge in [-0.25, -0.2) is 0 Å². The Morgan fingerprint density at radius 2 is 1.82 bits per heavy atom. The van der Waals surface area contributed by atoms with Crippen LogP contribution in [0.2, 0.25) is 0 Å². The summed E-state index contributed by atoms with van der Waals surface area (Å²) in [4.78, 5) is 0. The lowest BCUT2D eigenvalue weighted by Gasteiger charge is -2.36. The van der Waals surface area contributed by atoms with Gasteiger partial charge in [-0.2, -0.15) is 17.0 Å². The topological polar surface area (TPSA) is 81.1 Å². The summed E-state index contributed by atoms with van der Waals surface area (Å²) in [6, 6.07) is -0.00589. The van der Waals surface area contributed by atoms with Gasteiger partial charge in [0.25, 0.3) is 10.2 Å². The number of nitrogens with zero attached hydrogens (tertiary/aromatic N) is 2. The normalized spacial score (nSPS) is 23.2. The van der Waals surface area contributed by atoms with Gasteiger partial charge in [-0.15, -0.1) is 0 Å². The summed E-state index contributed by atoms with van der Waals surface area (Å²) in [5.41, 5.74) is 0. The summed E-state index contributed by atoms with van der Waals surface area (Å²) >= 11 is 0. The van der Waals surface area contributed by atoms with Crippen molar-refractivity contribution in [1.82, 2.24) is 8.61 Å². The molecule has 1 saturated heterocycles. The molecule has 0 saturated carbocycles. The highest BCUT2D eigenvalue weighted by Gasteiger charge is 2.33. The maximum atomic E-state index is 12.3. The fraction of sp³-hybridized carbons (Fsp3) is 1.00. The lowest BCUT2D eigenvalue weighted by Crippen LogP contribution is -2.51. The molecule has 1 unspecified atom stereocenters. The molecule has 17 heavy (non-hydrogen) atoms. The van der Waals surface area contributed by atoms with Crippen LogP contribution in [0.4, 0.5) is 0 Å². The predicted molar refractivity (Wildman–Crippen MR) is 64.7 cm³/mol. The van der Waals surface area contributed by atoms with Gasteiger partial charge < -0.3 is 10.2 Å². The molecule has 6 nitrogen and oxygen atoms in total. The van der Waals surface area contributed by atoms with Crippen LogP contribution in [-0.4, -0.2) is 66.1 Å². The first-order chi connectivity index (χ1) is 8.04. The van der Waals surface area contributed by atoms with Crippen molar-refractivity contribution in [2.45, 2.75) is 32.2 Å². The second-order valence-electron chi connectivity index (χ2n) is 4.31. The van der Waals surface area contributed by atoms with Crippen LogP contribution in [0, 0.1) is 0 Å². The summed E-state index contributed by atoms with van der Waals surface area (Å²) in [6.07, 6.45) is 2.79. The average molecular weight is 266 g/mol. The van der Waals surface area contributed by atoms with Crippen LogP contribution in [0.1, 0.15) is 26.2 Å². The SMILES string of the molecule is CC1CCCCN1S(=O)(=O)N(CCO)CCO. The summed E-state index contributed by atoms with van der Waals surface area (Å²) < 4.78 is 27.2. The van der Waals surface area contributed by atoms with Gasteiger partial charge in [0, 0.05) is 25.7 Å². The zero-order valence-corrected chi connectivity index (χ0v) is 11.1. The fourth-order valence-corrected chi connectivity index (χ4v) is 3.97. The van der Waals surface area contributed by atoms with Gasteiger partial charge in [-0.05, 0) is 19.8 Å². The quantitative estimate of drug-likeness (QED) is 0.672. The molecule has 0 aromatic rings. The molecule has 0 radical (unpaired) electrons. The highest BCUT2D eigenvalue weighted by molar-refractivity contribution is 7.86. The van der Waals surface area contributed by atoms with Crippen LogP contribution in [0.5, 0.6) is 0 Å². The van der Waals surface area contributed by atoms with Crippen molar-refractivity contribution in [3.8, 4) is 0 Å². The molecular formula is C10H22N2O4S. The Morgan fingerprint density at radius 1 is 1.24 bits per heavy atom. The molecule has 1 fully saturated rings.